The second-order valence-corrected chi connectivity index (χ2v) is 7.59. The molecule has 0 aliphatic carbocycles. The molecule has 140 valence electrons. The molecule has 0 bridgehead atoms. The van der Waals surface area contributed by atoms with Crippen LogP contribution in [0.5, 0.6) is 0 Å². The molecule has 1 atom stereocenters. The smallest absolute Gasteiger partial charge is 0.407 e. The first-order valence-electron chi connectivity index (χ1n) is 8.44. The monoisotopic (exact) mass is 479 g/mol. The van der Waals surface area contributed by atoms with Gasteiger partial charge in [0.2, 0.25) is 5.91 Å². The minimum atomic E-state index is -0.980. The molecule has 1 aromatic carbocycles. The Labute approximate surface area is 169 Å². The molecular formula is C18H18IN5O3. The van der Waals surface area contributed by atoms with Crippen LogP contribution in [0.4, 0.5) is 10.6 Å². The summed E-state index contributed by atoms with van der Waals surface area (Å²) in [6.45, 7) is 2.10. The van der Waals surface area contributed by atoms with Crippen molar-refractivity contribution in [2.45, 2.75) is 25.8 Å². The number of anilines is 1. The molecule has 27 heavy (non-hydrogen) atoms. The zero-order valence-corrected chi connectivity index (χ0v) is 16.8. The van der Waals surface area contributed by atoms with E-state index < -0.39 is 6.09 Å². The Balaban J connectivity index is 2.11. The predicted octanol–water partition coefficient (Wildman–Crippen LogP) is 3.30. The van der Waals surface area contributed by atoms with Crippen molar-refractivity contribution in [3.63, 3.8) is 0 Å². The number of hydrogen-bond acceptors (Lipinski definition) is 4. The Kier molecular flexibility index (Phi) is 5.65. The van der Waals surface area contributed by atoms with Crippen molar-refractivity contribution in [2.24, 2.45) is 0 Å². The standard InChI is InChI=1S/C18H18IN5O3/c1-11(25)21-17-15(9-20)16(12-4-2-5-13(19)8-12)22-24(17)14-6-3-7-23(10-14)18(26)27/h2,4-5,8,14H,3,6-7,10H2,1H3,(H,21,25)(H,26,27). The summed E-state index contributed by atoms with van der Waals surface area (Å²) >= 11 is 2.19. The van der Waals surface area contributed by atoms with Gasteiger partial charge < -0.3 is 15.3 Å². The second-order valence-electron chi connectivity index (χ2n) is 6.34. The van der Waals surface area contributed by atoms with Crippen LogP contribution in [0.15, 0.2) is 24.3 Å². The van der Waals surface area contributed by atoms with Crippen LogP contribution < -0.4 is 5.32 Å². The summed E-state index contributed by atoms with van der Waals surface area (Å²) in [5.41, 5.74) is 1.53. The normalized spacial score (nSPS) is 16.6. The fourth-order valence-corrected chi connectivity index (χ4v) is 3.80. The number of likely N-dealkylation sites (tertiary alicyclic amines) is 1. The number of rotatable bonds is 3. The first-order chi connectivity index (χ1) is 12.9. The number of nitriles is 1. The molecule has 3 rings (SSSR count). The third kappa shape index (κ3) is 4.05. The average molecular weight is 479 g/mol. The summed E-state index contributed by atoms with van der Waals surface area (Å²) in [7, 11) is 0. The van der Waals surface area contributed by atoms with Crippen molar-refractivity contribution in [3.05, 3.63) is 33.4 Å². The Hall–Kier alpha value is -2.61. The lowest BCUT2D eigenvalue weighted by Gasteiger charge is -2.31. The predicted molar refractivity (Wildman–Crippen MR) is 107 cm³/mol. The largest absolute Gasteiger partial charge is 0.465 e. The average Bonchev–Trinajstić information content (AvgIpc) is 2.99. The molecule has 1 saturated heterocycles. The van der Waals surface area contributed by atoms with Gasteiger partial charge in [0.1, 0.15) is 23.1 Å². The molecular weight excluding hydrogens is 461 g/mol. The zero-order valence-electron chi connectivity index (χ0n) is 14.6. The van der Waals surface area contributed by atoms with Gasteiger partial charge in [0.25, 0.3) is 0 Å². The summed E-state index contributed by atoms with van der Waals surface area (Å²) in [6.07, 6.45) is 0.428. The molecule has 1 unspecified atom stereocenters. The number of carboxylic acid groups (broad SMARTS) is 1. The molecule has 1 aromatic heterocycles. The molecule has 2 aromatic rings. The zero-order chi connectivity index (χ0) is 19.6. The van der Waals surface area contributed by atoms with Crippen molar-refractivity contribution >= 4 is 40.4 Å². The Morgan fingerprint density at radius 3 is 2.85 bits per heavy atom. The molecule has 1 fully saturated rings. The van der Waals surface area contributed by atoms with Crippen LogP contribution >= 0.6 is 22.6 Å². The molecule has 0 saturated carbocycles. The van der Waals surface area contributed by atoms with E-state index >= 15 is 0 Å². The molecule has 2 N–H and O–H groups in total. The number of piperidine rings is 1. The van der Waals surface area contributed by atoms with Crippen LogP contribution in [0.3, 0.4) is 0 Å². The topological polar surface area (TPSA) is 111 Å². The summed E-state index contributed by atoms with van der Waals surface area (Å²) in [5, 5.41) is 26.4. The number of aromatic nitrogens is 2. The highest BCUT2D eigenvalue weighted by Crippen LogP contribution is 2.33. The van der Waals surface area contributed by atoms with E-state index in [0.717, 1.165) is 9.13 Å². The van der Waals surface area contributed by atoms with Gasteiger partial charge >= 0.3 is 6.09 Å². The van der Waals surface area contributed by atoms with Crippen LogP contribution in [0, 0.1) is 14.9 Å². The number of amides is 2. The molecule has 1 aliphatic rings. The van der Waals surface area contributed by atoms with Gasteiger partial charge in [-0.1, -0.05) is 12.1 Å². The maximum absolute atomic E-state index is 11.7. The number of nitrogens with one attached hydrogen (secondary N) is 1. The van der Waals surface area contributed by atoms with E-state index in [2.05, 4.69) is 39.1 Å². The molecule has 1 aliphatic heterocycles. The van der Waals surface area contributed by atoms with Gasteiger partial charge in [0, 0.05) is 29.1 Å². The summed E-state index contributed by atoms with van der Waals surface area (Å²) in [4.78, 5) is 24.4. The van der Waals surface area contributed by atoms with Gasteiger partial charge in [0.05, 0.1) is 6.04 Å². The van der Waals surface area contributed by atoms with Crippen molar-refractivity contribution in [2.75, 3.05) is 18.4 Å². The van der Waals surface area contributed by atoms with Gasteiger partial charge in [-0.2, -0.15) is 10.4 Å². The number of carbonyl (C=O) groups is 2. The molecule has 0 radical (unpaired) electrons. The third-order valence-electron chi connectivity index (χ3n) is 4.43. The summed E-state index contributed by atoms with van der Waals surface area (Å²) < 4.78 is 2.60. The minimum absolute atomic E-state index is 0.250. The van der Waals surface area contributed by atoms with E-state index in [1.54, 1.807) is 4.68 Å². The number of hydrogen-bond donors (Lipinski definition) is 2. The quantitative estimate of drug-likeness (QED) is 0.657. The van der Waals surface area contributed by atoms with Crippen LogP contribution in [-0.4, -0.2) is 44.9 Å². The van der Waals surface area contributed by atoms with Crippen LogP contribution in [0.2, 0.25) is 0 Å². The number of halogens is 1. The molecule has 9 heteroatoms. The molecule has 0 spiro atoms. The van der Waals surface area contributed by atoms with Gasteiger partial charge in [-0.05, 0) is 47.6 Å². The van der Waals surface area contributed by atoms with Crippen LogP contribution in [-0.2, 0) is 4.79 Å². The fraction of sp³-hybridized carbons (Fsp3) is 0.333. The molecule has 2 heterocycles. The number of benzene rings is 1. The van der Waals surface area contributed by atoms with Crippen molar-refractivity contribution in [1.82, 2.24) is 14.7 Å². The SMILES string of the molecule is CC(=O)Nc1c(C#N)c(-c2cccc(I)c2)nn1C1CCCN(C(=O)O)C1. The molecule has 2 amide bonds. The minimum Gasteiger partial charge on any atom is -0.465 e. The highest BCUT2D eigenvalue weighted by molar-refractivity contribution is 14.1. The number of nitrogens with zero attached hydrogens (tertiary/aromatic N) is 4. The van der Waals surface area contributed by atoms with Crippen molar-refractivity contribution in [3.8, 4) is 17.3 Å². The van der Waals surface area contributed by atoms with Gasteiger partial charge in [-0.3, -0.25) is 4.79 Å². The fourth-order valence-electron chi connectivity index (χ4n) is 3.26. The Morgan fingerprint density at radius 2 is 2.22 bits per heavy atom. The molecule has 8 nitrogen and oxygen atoms in total. The Morgan fingerprint density at radius 1 is 1.44 bits per heavy atom. The van der Waals surface area contributed by atoms with E-state index in [1.807, 2.05) is 24.3 Å². The van der Waals surface area contributed by atoms with Crippen molar-refractivity contribution < 1.29 is 14.7 Å². The van der Waals surface area contributed by atoms with Gasteiger partial charge in [-0.25, -0.2) is 9.48 Å². The third-order valence-corrected chi connectivity index (χ3v) is 5.10. The lowest BCUT2D eigenvalue weighted by Crippen LogP contribution is -2.40. The van der Waals surface area contributed by atoms with Crippen LogP contribution in [0.1, 0.15) is 31.4 Å². The highest BCUT2D eigenvalue weighted by Gasteiger charge is 2.30. The van der Waals surface area contributed by atoms with E-state index in [-0.39, 0.29) is 24.1 Å². The second kappa shape index (κ2) is 7.96. The number of carbonyl (C=O) groups excluding carboxylic acids is 1. The lowest BCUT2D eigenvalue weighted by atomic mass is 10.1. The van der Waals surface area contributed by atoms with Crippen LogP contribution in [0.25, 0.3) is 11.3 Å². The van der Waals surface area contributed by atoms with Gasteiger partial charge in [-0.15, -0.1) is 0 Å². The first kappa shape index (κ1) is 19.2. The van der Waals surface area contributed by atoms with E-state index in [4.69, 9.17) is 0 Å². The van der Waals surface area contributed by atoms with E-state index in [0.29, 0.717) is 30.9 Å². The summed E-state index contributed by atoms with van der Waals surface area (Å²) in [5.74, 6) is 0.00356. The van der Waals surface area contributed by atoms with Crippen molar-refractivity contribution in [1.29, 1.82) is 5.26 Å². The van der Waals surface area contributed by atoms with E-state index in [1.165, 1.54) is 11.8 Å². The maximum atomic E-state index is 11.7. The lowest BCUT2D eigenvalue weighted by molar-refractivity contribution is -0.114. The maximum Gasteiger partial charge on any atom is 0.407 e. The summed E-state index contributed by atoms with van der Waals surface area (Å²) in [6, 6.07) is 9.49. The Bertz CT molecular complexity index is 934. The van der Waals surface area contributed by atoms with E-state index in [9.17, 15) is 20.0 Å². The highest BCUT2D eigenvalue weighted by atomic mass is 127. The van der Waals surface area contributed by atoms with Gasteiger partial charge in [0.15, 0.2) is 0 Å². The first-order valence-corrected chi connectivity index (χ1v) is 9.52.